The van der Waals surface area contributed by atoms with Gasteiger partial charge in [0.05, 0.1) is 11.2 Å². The van der Waals surface area contributed by atoms with Gasteiger partial charge in [-0.05, 0) is 77.7 Å². The molecule has 1 fully saturated rings. The van der Waals surface area contributed by atoms with Gasteiger partial charge in [-0.1, -0.05) is 12.1 Å². The van der Waals surface area contributed by atoms with Crippen LogP contribution in [-0.2, 0) is 6.42 Å². The Bertz CT molecular complexity index is 592. The largest absolute Gasteiger partial charge is 0.390 e. The number of carbonyl (C=O) groups excluding carboxylic acids is 1. The first-order valence-electron chi connectivity index (χ1n) is 9.56. The minimum atomic E-state index is -0.709. The highest BCUT2D eigenvalue weighted by atomic mass is 16.3. The van der Waals surface area contributed by atoms with Crippen LogP contribution in [0.5, 0.6) is 0 Å². The van der Waals surface area contributed by atoms with Crippen LogP contribution in [0.3, 0.4) is 0 Å². The predicted octanol–water partition coefficient (Wildman–Crippen LogP) is 2.31. The quantitative estimate of drug-likeness (QED) is 0.815. The molecule has 1 aromatic rings. The second-order valence-corrected chi connectivity index (χ2v) is 8.62. The number of benzene rings is 1. The van der Waals surface area contributed by atoms with Crippen molar-refractivity contribution in [3.63, 3.8) is 0 Å². The summed E-state index contributed by atoms with van der Waals surface area (Å²) >= 11 is 0. The predicted molar refractivity (Wildman–Crippen MR) is 104 cm³/mol. The monoisotopic (exact) mass is 362 g/mol. The zero-order valence-electron chi connectivity index (χ0n) is 16.7. The number of aliphatic hydroxyl groups is 2. The molecule has 1 heterocycles. The van der Waals surface area contributed by atoms with Crippen molar-refractivity contribution in [2.24, 2.45) is 0 Å². The molecular formula is C21H34N2O3. The van der Waals surface area contributed by atoms with Crippen LogP contribution in [0.1, 0.15) is 55.5 Å². The van der Waals surface area contributed by atoms with Crippen LogP contribution in [0.2, 0.25) is 0 Å². The molecule has 26 heavy (non-hydrogen) atoms. The third-order valence-electron chi connectivity index (χ3n) is 5.04. The van der Waals surface area contributed by atoms with E-state index in [4.69, 9.17) is 0 Å². The third-order valence-corrected chi connectivity index (χ3v) is 5.04. The summed E-state index contributed by atoms with van der Waals surface area (Å²) in [6.07, 6.45) is 3.64. The Labute approximate surface area is 157 Å². The molecule has 5 nitrogen and oxygen atoms in total. The molecule has 2 N–H and O–H groups in total. The summed E-state index contributed by atoms with van der Waals surface area (Å²) in [6.45, 7) is 5.52. The molecule has 2 rings (SSSR count). The van der Waals surface area contributed by atoms with Gasteiger partial charge in [-0.3, -0.25) is 4.79 Å². The maximum atomic E-state index is 12.8. The molecule has 0 aromatic heterocycles. The number of carbonyl (C=O) groups is 1. The molecule has 1 aliphatic heterocycles. The molecule has 0 bridgehead atoms. The molecule has 1 aliphatic rings. The first kappa shape index (κ1) is 20.9. The fourth-order valence-corrected chi connectivity index (χ4v) is 3.58. The molecule has 5 heteroatoms. The summed E-state index contributed by atoms with van der Waals surface area (Å²) in [5, 5.41) is 20.6. The number of rotatable bonds is 6. The van der Waals surface area contributed by atoms with Gasteiger partial charge in [-0.25, -0.2) is 0 Å². The zero-order chi connectivity index (χ0) is 19.4. The van der Waals surface area contributed by atoms with Gasteiger partial charge >= 0.3 is 0 Å². The standard InChI is InChI=1S/C21H34N2O3/c1-20(2,25)12-10-17-6-8-18(9-7-17)19(24)23-14-5-11-21(26,13-15-23)16-22(3)4/h6-9,25-26H,5,10-16H2,1-4H3. The fourth-order valence-electron chi connectivity index (χ4n) is 3.58. The van der Waals surface area contributed by atoms with Gasteiger partial charge in [0.25, 0.3) is 5.91 Å². The molecular weight excluding hydrogens is 328 g/mol. The maximum absolute atomic E-state index is 12.8. The third kappa shape index (κ3) is 6.38. The van der Waals surface area contributed by atoms with E-state index < -0.39 is 11.2 Å². The van der Waals surface area contributed by atoms with E-state index >= 15 is 0 Å². The van der Waals surface area contributed by atoms with E-state index in [-0.39, 0.29) is 5.91 Å². The smallest absolute Gasteiger partial charge is 0.253 e. The summed E-state index contributed by atoms with van der Waals surface area (Å²) in [5.41, 5.74) is 0.429. The van der Waals surface area contributed by atoms with Gasteiger partial charge in [-0.15, -0.1) is 0 Å². The lowest BCUT2D eigenvalue weighted by molar-refractivity contribution is 0.00304. The Morgan fingerprint density at radius 1 is 1.19 bits per heavy atom. The molecule has 1 saturated heterocycles. The van der Waals surface area contributed by atoms with Crippen molar-refractivity contribution in [2.45, 2.75) is 57.2 Å². The summed E-state index contributed by atoms with van der Waals surface area (Å²) in [4.78, 5) is 16.7. The summed E-state index contributed by atoms with van der Waals surface area (Å²) in [7, 11) is 3.93. The Kier molecular flexibility index (Phi) is 6.83. The van der Waals surface area contributed by atoms with Gasteiger partial charge in [-0.2, -0.15) is 0 Å². The Morgan fingerprint density at radius 3 is 2.42 bits per heavy atom. The van der Waals surface area contributed by atoms with Crippen molar-refractivity contribution in [3.8, 4) is 0 Å². The molecule has 0 radical (unpaired) electrons. The average Bonchev–Trinajstić information content (AvgIpc) is 2.73. The molecule has 1 unspecified atom stereocenters. The number of nitrogens with zero attached hydrogens (tertiary/aromatic N) is 2. The van der Waals surface area contributed by atoms with E-state index in [2.05, 4.69) is 0 Å². The summed E-state index contributed by atoms with van der Waals surface area (Å²) in [5.74, 6) is 0.0353. The van der Waals surface area contributed by atoms with E-state index in [9.17, 15) is 15.0 Å². The van der Waals surface area contributed by atoms with Crippen LogP contribution in [0.15, 0.2) is 24.3 Å². The van der Waals surface area contributed by atoms with E-state index in [0.717, 1.165) is 24.8 Å². The van der Waals surface area contributed by atoms with E-state index in [1.807, 2.05) is 62.0 Å². The fraction of sp³-hybridized carbons (Fsp3) is 0.667. The van der Waals surface area contributed by atoms with Gasteiger partial charge in [0.2, 0.25) is 0 Å². The summed E-state index contributed by atoms with van der Waals surface area (Å²) in [6, 6.07) is 7.69. The number of likely N-dealkylation sites (tertiary alicyclic amines) is 1. The maximum Gasteiger partial charge on any atom is 0.253 e. The Balaban J connectivity index is 1.96. The lowest BCUT2D eigenvalue weighted by Gasteiger charge is -2.30. The number of aryl methyl sites for hydroxylation is 1. The van der Waals surface area contributed by atoms with Gasteiger partial charge in [0, 0.05) is 25.2 Å². The van der Waals surface area contributed by atoms with Crippen LogP contribution < -0.4 is 0 Å². The van der Waals surface area contributed by atoms with E-state index in [1.165, 1.54) is 0 Å². The van der Waals surface area contributed by atoms with Crippen molar-refractivity contribution in [2.75, 3.05) is 33.7 Å². The number of hydrogen-bond acceptors (Lipinski definition) is 4. The van der Waals surface area contributed by atoms with Crippen molar-refractivity contribution in [1.82, 2.24) is 9.80 Å². The molecule has 0 saturated carbocycles. The highest BCUT2D eigenvalue weighted by Crippen LogP contribution is 2.24. The van der Waals surface area contributed by atoms with Crippen molar-refractivity contribution in [3.05, 3.63) is 35.4 Å². The summed E-state index contributed by atoms with van der Waals surface area (Å²) < 4.78 is 0. The van der Waals surface area contributed by atoms with Crippen LogP contribution in [0.25, 0.3) is 0 Å². The zero-order valence-corrected chi connectivity index (χ0v) is 16.7. The first-order valence-corrected chi connectivity index (χ1v) is 9.56. The van der Waals surface area contributed by atoms with E-state index in [1.54, 1.807) is 0 Å². The average molecular weight is 363 g/mol. The van der Waals surface area contributed by atoms with Crippen LogP contribution >= 0.6 is 0 Å². The molecule has 146 valence electrons. The number of amides is 1. The van der Waals surface area contributed by atoms with Crippen LogP contribution in [0.4, 0.5) is 0 Å². The minimum absolute atomic E-state index is 0.0353. The Hall–Kier alpha value is -1.43. The van der Waals surface area contributed by atoms with Gasteiger partial charge < -0.3 is 20.0 Å². The molecule has 1 atom stereocenters. The van der Waals surface area contributed by atoms with Crippen LogP contribution in [0, 0.1) is 0 Å². The molecule has 1 aromatic carbocycles. The van der Waals surface area contributed by atoms with Gasteiger partial charge in [0.1, 0.15) is 0 Å². The van der Waals surface area contributed by atoms with Crippen molar-refractivity contribution in [1.29, 1.82) is 0 Å². The van der Waals surface area contributed by atoms with Crippen molar-refractivity contribution < 1.29 is 15.0 Å². The van der Waals surface area contributed by atoms with Gasteiger partial charge in [0.15, 0.2) is 0 Å². The first-order chi connectivity index (χ1) is 12.1. The Morgan fingerprint density at radius 2 is 1.85 bits per heavy atom. The second kappa shape index (κ2) is 8.51. The lowest BCUT2D eigenvalue weighted by atomic mass is 9.94. The minimum Gasteiger partial charge on any atom is -0.390 e. The van der Waals surface area contributed by atoms with Crippen molar-refractivity contribution >= 4 is 5.91 Å². The lowest BCUT2D eigenvalue weighted by Crippen LogP contribution is -2.41. The molecule has 1 amide bonds. The second-order valence-electron chi connectivity index (χ2n) is 8.62. The topological polar surface area (TPSA) is 64.0 Å². The number of hydrogen-bond donors (Lipinski definition) is 2. The van der Waals surface area contributed by atoms with E-state index in [0.29, 0.717) is 38.0 Å². The molecule has 0 spiro atoms. The highest BCUT2D eigenvalue weighted by Gasteiger charge is 2.32. The SMILES string of the molecule is CN(C)CC1(O)CCCN(C(=O)c2ccc(CCC(C)(C)O)cc2)CC1. The normalized spacial score (nSPS) is 21.7. The molecule has 0 aliphatic carbocycles. The van der Waals surface area contributed by atoms with Crippen LogP contribution in [-0.4, -0.2) is 70.9 Å². The number of likely N-dealkylation sites (N-methyl/N-ethyl adjacent to an activating group) is 1. The highest BCUT2D eigenvalue weighted by molar-refractivity contribution is 5.94.